The largest absolute Gasteiger partial charge is 0.497 e. The van der Waals surface area contributed by atoms with Crippen LogP contribution >= 0.6 is 0 Å². The molecule has 1 aliphatic carbocycles. The fourth-order valence-corrected chi connectivity index (χ4v) is 6.03. The minimum absolute atomic E-state index is 0.406. The van der Waals surface area contributed by atoms with Crippen molar-refractivity contribution in [3.63, 3.8) is 0 Å². The number of benzene rings is 1. The Kier molecular flexibility index (Phi) is 9.99. The van der Waals surface area contributed by atoms with Crippen molar-refractivity contribution < 1.29 is 9.13 Å². The summed E-state index contributed by atoms with van der Waals surface area (Å²) in [6.45, 7) is 4.97. The molecule has 2 aliphatic rings. The molecule has 4 heterocycles. The predicted octanol–water partition coefficient (Wildman–Crippen LogP) is 8.35. The molecule has 4 aromatic rings. The number of hydrogen-bond acceptors (Lipinski definition) is 5. The Labute approximate surface area is 243 Å². The van der Waals surface area contributed by atoms with Crippen LogP contribution in [0.1, 0.15) is 83.1 Å². The van der Waals surface area contributed by atoms with E-state index in [4.69, 9.17) is 4.74 Å². The number of allylic oxidation sites excluding steroid dienone is 1. The second-order valence-electron chi connectivity index (χ2n) is 11.8. The zero-order valence-electron chi connectivity index (χ0n) is 24.9. The van der Waals surface area contributed by atoms with Crippen LogP contribution in [-0.4, -0.2) is 51.7 Å². The van der Waals surface area contributed by atoms with Gasteiger partial charge in [0.25, 0.3) is 0 Å². The average molecular weight is 558 g/mol. The monoisotopic (exact) mass is 557 g/mol. The lowest BCUT2D eigenvalue weighted by Crippen LogP contribution is -2.20. The van der Waals surface area contributed by atoms with Crippen LogP contribution in [0.15, 0.2) is 48.6 Å². The number of methoxy groups -OCH3 is 1. The summed E-state index contributed by atoms with van der Waals surface area (Å²) in [5.41, 5.74) is 4.88. The van der Waals surface area contributed by atoms with Crippen molar-refractivity contribution in [2.75, 3.05) is 27.2 Å². The van der Waals surface area contributed by atoms with E-state index in [1.54, 1.807) is 23.9 Å². The molecule has 1 unspecified atom stereocenters. The molecule has 1 saturated heterocycles. The predicted molar refractivity (Wildman–Crippen MR) is 166 cm³/mol. The molecule has 1 aromatic carbocycles. The fraction of sp³-hybridized carbons (Fsp3) is 0.500. The van der Waals surface area contributed by atoms with Gasteiger partial charge in [0.1, 0.15) is 11.6 Å². The lowest BCUT2D eigenvalue weighted by atomic mass is 10.0. The van der Waals surface area contributed by atoms with Crippen LogP contribution in [0.5, 0.6) is 5.75 Å². The van der Waals surface area contributed by atoms with Gasteiger partial charge in [-0.1, -0.05) is 50.7 Å². The molecule has 1 aliphatic heterocycles. The van der Waals surface area contributed by atoms with Crippen molar-refractivity contribution in [2.45, 2.75) is 77.6 Å². The molecule has 3 aromatic heterocycles. The van der Waals surface area contributed by atoms with E-state index in [1.807, 2.05) is 24.5 Å². The standard InChI is InChI=1S/C25H25FN4O.C9H19N/c1-16-4-3-5-17(7-6-16)10-18-12-28-25-21(13-29-30(25)15-18)24-20-11-19(31-2)8-9-23(20)27-14-22(24)26;1-10-8-6-4-2-3-5-7-9-10/h8-16H,3-7H2,1-2H3;2-9H2,1H3. The maximum absolute atomic E-state index is 14.9. The SMILES string of the molecule is CN1CCCCCCCC1.COc1ccc2ncc(F)c(-c3cnn4cc(C=C5CCCC(C)CC5)cnc34)c2c1. The normalized spacial score (nSPS) is 20.1. The maximum atomic E-state index is 14.9. The highest BCUT2D eigenvalue weighted by Gasteiger charge is 2.18. The highest BCUT2D eigenvalue weighted by Crippen LogP contribution is 2.34. The van der Waals surface area contributed by atoms with Crippen LogP contribution in [0.25, 0.3) is 33.8 Å². The molecule has 0 spiro atoms. The first-order valence-corrected chi connectivity index (χ1v) is 15.4. The minimum atomic E-state index is -0.406. The lowest BCUT2D eigenvalue weighted by Gasteiger charge is -2.13. The first-order valence-electron chi connectivity index (χ1n) is 15.4. The van der Waals surface area contributed by atoms with E-state index < -0.39 is 5.82 Å². The van der Waals surface area contributed by atoms with Gasteiger partial charge in [-0.15, -0.1) is 0 Å². The molecule has 218 valence electrons. The Bertz CT molecular complexity index is 1470. The fourth-order valence-electron chi connectivity index (χ4n) is 6.03. The highest BCUT2D eigenvalue weighted by atomic mass is 19.1. The van der Waals surface area contributed by atoms with Crippen molar-refractivity contribution in [3.8, 4) is 16.9 Å². The summed E-state index contributed by atoms with van der Waals surface area (Å²) in [7, 11) is 3.83. The summed E-state index contributed by atoms with van der Waals surface area (Å²) in [6.07, 6.45) is 23.7. The van der Waals surface area contributed by atoms with Gasteiger partial charge in [0.2, 0.25) is 0 Å². The summed E-state index contributed by atoms with van der Waals surface area (Å²) in [6, 6.07) is 5.45. The van der Waals surface area contributed by atoms with E-state index in [0.29, 0.717) is 33.4 Å². The van der Waals surface area contributed by atoms with Crippen molar-refractivity contribution in [1.82, 2.24) is 24.5 Å². The van der Waals surface area contributed by atoms with Crippen molar-refractivity contribution in [2.24, 2.45) is 5.92 Å². The lowest BCUT2D eigenvalue weighted by molar-refractivity contribution is 0.327. The molecule has 1 saturated carbocycles. The summed E-state index contributed by atoms with van der Waals surface area (Å²) in [5.74, 6) is 1.04. The number of halogens is 1. The van der Waals surface area contributed by atoms with Gasteiger partial charge >= 0.3 is 0 Å². The number of aromatic nitrogens is 4. The number of hydrogen-bond donors (Lipinski definition) is 0. The van der Waals surface area contributed by atoms with Gasteiger partial charge in [-0.25, -0.2) is 13.9 Å². The van der Waals surface area contributed by atoms with Gasteiger partial charge in [-0.2, -0.15) is 5.10 Å². The maximum Gasteiger partial charge on any atom is 0.162 e. The Morgan fingerprint density at radius 2 is 1.71 bits per heavy atom. The Balaban J connectivity index is 0.000000287. The molecule has 1 atom stereocenters. The van der Waals surface area contributed by atoms with E-state index in [0.717, 1.165) is 24.3 Å². The number of nitrogens with zero attached hydrogens (tertiary/aromatic N) is 5. The van der Waals surface area contributed by atoms with Crippen LogP contribution in [-0.2, 0) is 0 Å². The Hall–Kier alpha value is -3.32. The van der Waals surface area contributed by atoms with Gasteiger partial charge < -0.3 is 9.64 Å². The molecule has 6 nitrogen and oxygen atoms in total. The van der Waals surface area contributed by atoms with E-state index in [1.165, 1.54) is 82.6 Å². The molecule has 7 heteroatoms. The van der Waals surface area contributed by atoms with Gasteiger partial charge in [-0.05, 0) is 82.8 Å². The Morgan fingerprint density at radius 1 is 0.927 bits per heavy atom. The second kappa shape index (κ2) is 14.0. The number of ether oxygens (including phenoxy) is 1. The molecule has 6 rings (SSSR count). The molecule has 0 N–H and O–H groups in total. The van der Waals surface area contributed by atoms with E-state index in [-0.39, 0.29) is 0 Å². The molecule has 2 fully saturated rings. The van der Waals surface area contributed by atoms with Gasteiger partial charge in [0.05, 0.1) is 30.6 Å². The van der Waals surface area contributed by atoms with Crippen molar-refractivity contribution in [1.29, 1.82) is 0 Å². The Morgan fingerprint density at radius 3 is 2.49 bits per heavy atom. The molecule has 0 radical (unpaired) electrons. The van der Waals surface area contributed by atoms with Crippen LogP contribution in [0, 0.1) is 11.7 Å². The number of pyridine rings is 1. The van der Waals surface area contributed by atoms with E-state index >= 15 is 0 Å². The molecular weight excluding hydrogens is 513 g/mol. The zero-order chi connectivity index (χ0) is 28.6. The summed E-state index contributed by atoms with van der Waals surface area (Å²) in [5, 5.41) is 5.15. The van der Waals surface area contributed by atoms with Crippen LogP contribution in [0.4, 0.5) is 4.39 Å². The first kappa shape index (κ1) is 29.2. The van der Waals surface area contributed by atoms with Crippen molar-refractivity contribution >= 4 is 22.6 Å². The molecule has 0 bridgehead atoms. The highest BCUT2D eigenvalue weighted by molar-refractivity contribution is 5.98. The summed E-state index contributed by atoms with van der Waals surface area (Å²) in [4.78, 5) is 11.3. The van der Waals surface area contributed by atoms with Gasteiger partial charge in [0, 0.05) is 28.9 Å². The van der Waals surface area contributed by atoms with Crippen molar-refractivity contribution in [3.05, 3.63) is 59.9 Å². The topological polar surface area (TPSA) is 55.5 Å². The van der Waals surface area contributed by atoms with E-state index in [9.17, 15) is 4.39 Å². The molecule has 41 heavy (non-hydrogen) atoms. The third kappa shape index (κ3) is 7.50. The third-order valence-corrected chi connectivity index (χ3v) is 8.53. The van der Waals surface area contributed by atoms with Crippen LogP contribution < -0.4 is 4.74 Å². The summed E-state index contributed by atoms with van der Waals surface area (Å²) < 4.78 is 22.0. The molecular formula is C34H44FN5O. The van der Waals surface area contributed by atoms with E-state index in [2.05, 4.69) is 40.0 Å². The minimum Gasteiger partial charge on any atom is -0.497 e. The number of fused-ring (bicyclic) bond motifs is 2. The number of rotatable bonds is 3. The third-order valence-electron chi connectivity index (χ3n) is 8.53. The first-order chi connectivity index (χ1) is 20.0. The smallest absolute Gasteiger partial charge is 0.162 e. The summed E-state index contributed by atoms with van der Waals surface area (Å²) >= 11 is 0. The zero-order valence-corrected chi connectivity index (χ0v) is 24.9. The van der Waals surface area contributed by atoms with Crippen LogP contribution in [0.2, 0.25) is 0 Å². The second-order valence-corrected chi connectivity index (χ2v) is 11.8. The molecule has 0 amide bonds. The van der Waals surface area contributed by atoms with Gasteiger partial charge in [0.15, 0.2) is 5.65 Å². The van der Waals surface area contributed by atoms with Gasteiger partial charge in [-0.3, -0.25) is 4.98 Å². The van der Waals surface area contributed by atoms with Crippen LogP contribution in [0.3, 0.4) is 0 Å². The average Bonchev–Trinajstić information content (AvgIpc) is 3.34. The quantitative estimate of drug-likeness (QED) is 0.237.